The molecule has 27 heavy (non-hydrogen) atoms. The first kappa shape index (κ1) is 21.1. The van der Waals surface area contributed by atoms with Crippen LogP contribution in [0.15, 0.2) is 40.9 Å². The third kappa shape index (κ3) is 7.54. The number of amides is 2. The number of halogens is 2. The zero-order valence-corrected chi connectivity index (χ0v) is 16.7. The van der Waals surface area contributed by atoms with E-state index in [2.05, 4.69) is 25.7 Å². The van der Waals surface area contributed by atoms with Crippen molar-refractivity contribution in [3.8, 4) is 0 Å². The molecule has 1 aromatic heterocycles. The van der Waals surface area contributed by atoms with E-state index in [-0.39, 0.29) is 6.42 Å². The molecule has 0 atom stereocenters. The molecule has 0 aliphatic heterocycles. The lowest BCUT2D eigenvalue weighted by Crippen LogP contribution is -2.27. The van der Waals surface area contributed by atoms with Gasteiger partial charge in [-0.05, 0) is 17.7 Å². The number of rotatable bonds is 10. The molecule has 144 valence electrons. The van der Waals surface area contributed by atoms with Gasteiger partial charge >= 0.3 is 0 Å². The van der Waals surface area contributed by atoms with Gasteiger partial charge < -0.3 is 10.2 Å². The molecule has 1 heterocycles. The Kier molecular flexibility index (Phi) is 9.03. The van der Waals surface area contributed by atoms with E-state index < -0.39 is 11.8 Å². The Hall–Kier alpha value is -2.16. The van der Waals surface area contributed by atoms with Gasteiger partial charge in [-0.2, -0.15) is 5.10 Å². The maximum Gasteiger partial charge on any atom is 0.249 e. The number of hydrogen-bond acceptors (Lipinski definition) is 6. The fourth-order valence-corrected chi connectivity index (χ4v) is 3.11. The summed E-state index contributed by atoms with van der Waals surface area (Å²) in [6.45, 7) is 1.42. The predicted molar refractivity (Wildman–Crippen MR) is 111 cm³/mol. The van der Waals surface area contributed by atoms with Crippen LogP contribution < -0.4 is 15.6 Å². The van der Waals surface area contributed by atoms with Crippen LogP contribution in [-0.4, -0.2) is 47.9 Å². The molecule has 1 aromatic carbocycles. The standard InChI is InChI=1S/C17H19Cl2N5O2S/c18-5-8-24(9-6-19)14-3-1-13(2-4-14)12-21-23-16(26)11-15(25)22-17-20-7-10-27-17/h1-4,7,10,12H,5-6,8-9,11H2,(H,23,26)(H,20,22,25). The van der Waals surface area contributed by atoms with E-state index in [4.69, 9.17) is 23.2 Å². The van der Waals surface area contributed by atoms with Crippen molar-refractivity contribution in [3.05, 3.63) is 41.4 Å². The van der Waals surface area contributed by atoms with Crippen molar-refractivity contribution in [2.24, 2.45) is 5.10 Å². The minimum atomic E-state index is -0.507. The van der Waals surface area contributed by atoms with Crippen LogP contribution in [0.25, 0.3) is 0 Å². The molecule has 0 saturated heterocycles. The van der Waals surface area contributed by atoms with Crippen molar-refractivity contribution in [1.29, 1.82) is 0 Å². The van der Waals surface area contributed by atoms with Crippen LogP contribution in [0.4, 0.5) is 10.8 Å². The number of hydrazone groups is 1. The highest BCUT2D eigenvalue weighted by molar-refractivity contribution is 7.13. The quantitative estimate of drug-likeness (QED) is 0.264. The third-order valence-electron chi connectivity index (χ3n) is 3.37. The fourth-order valence-electron chi connectivity index (χ4n) is 2.16. The van der Waals surface area contributed by atoms with Crippen LogP contribution in [-0.2, 0) is 9.59 Å². The number of carbonyl (C=O) groups is 2. The third-order valence-corrected chi connectivity index (χ3v) is 4.40. The van der Waals surface area contributed by atoms with Gasteiger partial charge in [-0.3, -0.25) is 9.59 Å². The largest absolute Gasteiger partial charge is 0.369 e. The van der Waals surface area contributed by atoms with Crippen molar-refractivity contribution in [2.75, 3.05) is 35.1 Å². The number of nitrogens with zero attached hydrogens (tertiary/aromatic N) is 3. The Morgan fingerprint density at radius 2 is 1.85 bits per heavy atom. The van der Waals surface area contributed by atoms with Gasteiger partial charge in [0, 0.05) is 42.1 Å². The van der Waals surface area contributed by atoms with E-state index in [9.17, 15) is 9.59 Å². The molecule has 0 radical (unpaired) electrons. The summed E-state index contributed by atoms with van der Waals surface area (Å²) in [6, 6.07) is 7.61. The zero-order valence-electron chi connectivity index (χ0n) is 14.4. The Bertz CT molecular complexity index is 747. The first-order valence-electron chi connectivity index (χ1n) is 8.10. The molecule has 0 spiro atoms. The molecule has 0 fully saturated rings. The minimum Gasteiger partial charge on any atom is -0.369 e. The smallest absolute Gasteiger partial charge is 0.249 e. The Morgan fingerprint density at radius 1 is 1.15 bits per heavy atom. The highest BCUT2D eigenvalue weighted by Crippen LogP contribution is 2.15. The monoisotopic (exact) mass is 427 g/mol. The molecule has 10 heteroatoms. The summed E-state index contributed by atoms with van der Waals surface area (Å²) in [5.74, 6) is 0.0813. The number of thiazole rings is 1. The summed E-state index contributed by atoms with van der Waals surface area (Å²) in [5, 5.41) is 8.58. The van der Waals surface area contributed by atoms with Crippen molar-refractivity contribution in [1.82, 2.24) is 10.4 Å². The Morgan fingerprint density at radius 3 is 2.44 bits per heavy atom. The van der Waals surface area contributed by atoms with Crippen LogP contribution in [0.5, 0.6) is 0 Å². The van der Waals surface area contributed by atoms with Gasteiger partial charge in [0.1, 0.15) is 6.42 Å². The van der Waals surface area contributed by atoms with Gasteiger partial charge in [-0.15, -0.1) is 34.5 Å². The first-order valence-corrected chi connectivity index (χ1v) is 10.1. The first-order chi connectivity index (χ1) is 13.1. The van der Waals surface area contributed by atoms with Crippen molar-refractivity contribution in [3.63, 3.8) is 0 Å². The van der Waals surface area contributed by atoms with E-state index in [1.807, 2.05) is 24.3 Å². The lowest BCUT2D eigenvalue weighted by Gasteiger charge is -2.22. The molecule has 2 N–H and O–H groups in total. The fraction of sp³-hybridized carbons (Fsp3) is 0.294. The average Bonchev–Trinajstić information content (AvgIpc) is 3.15. The maximum absolute atomic E-state index is 11.7. The summed E-state index contributed by atoms with van der Waals surface area (Å²) >= 11 is 12.9. The summed E-state index contributed by atoms with van der Waals surface area (Å²) in [7, 11) is 0. The molecule has 0 aliphatic rings. The molecule has 2 rings (SSSR count). The number of aromatic nitrogens is 1. The summed E-state index contributed by atoms with van der Waals surface area (Å²) < 4.78 is 0. The molecule has 7 nitrogen and oxygen atoms in total. The van der Waals surface area contributed by atoms with Crippen molar-refractivity contribution in [2.45, 2.75) is 6.42 Å². The lowest BCUT2D eigenvalue weighted by atomic mass is 10.2. The summed E-state index contributed by atoms with van der Waals surface area (Å²) in [6.07, 6.45) is 2.75. The lowest BCUT2D eigenvalue weighted by molar-refractivity contribution is -0.126. The Labute approximate surface area is 171 Å². The Balaban J connectivity index is 1.81. The zero-order chi connectivity index (χ0) is 19.5. The average molecular weight is 428 g/mol. The number of nitrogens with one attached hydrogen (secondary N) is 2. The van der Waals surface area contributed by atoms with Crippen LogP contribution >= 0.6 is 34.5 Å². The van der Waals surface area contributed by atoms with Gasteiger partial charge in [-0.1, -0.05) is 12.1 Å². The van der Waals surface area contributed by atoms with Crippen LogP contribution in [0.2, 0.25) is 0 Å². The predicted octanol–water partition coefficient (Wildman–Crippen LogP) is 2.91. The number of benzene rings is 1. The molecule has 0 aliphatic carbocycles. The second kappa shape index (κ2) is 11.5. The molecular formula is C17H19Cl2N5O2S. The molecule has 2 amide bonds. The molecule has 0 unspecified atom stereocenters. The summed E-state index contributed by atoms with van der Waals surface area (Å²) in [4.78, 5) is 29.4. The number of carbonyl (C=O) groups excluding carboxylic acids is 2. The van der Waals surface area contributed by atoms with E-state index in [0.717, 1.165) is 11.3 Å². The van der Waals surface area contributed by atoms with Gasteiger partial charge in [0.05, 0.1) is 6.21 Å². The van der Waals surface area contributed by atoms with Crippen LogP contribution in [0, 0.1) is 0 Å². The van der Waals surface area contributed by atoms with Crippen molar-refractivity contribution < 1.29 is 9.59 Å². The van der Waals surface area contributed by atoms with Gasteiger partial charge in [0.15, 0.2) is 5.13 Å². The molecule has 0 bridgehead atoms. The topological polar surface area (TPSA) is 86.7 Å². The van der Waals surface area contributed by atoms with E-state index >= 15 is 0 Å². The maximum atomic E-state index is 11.7. The summed E-state index contributed by atoms with van der Waals surface area (Å²) in [5.41, 5.74) is 4.15. The molecule has 2 aromatic rings. The van der Waals surface area contributed by atoms with Gasteiger partial charge in [0.25, 0.3) is 0 Å². The van der Waals surface area contributed by atoms with E-state index in [1.54, 1.807) is 11.6 Å². The van der Waals surface area contributed by atoms with Crippen molar-refractivity contribution >= 4 is 63.4 Å². The number of hydrogen-bond donors (Lipinski definition) is 2. The normalized spacial score (nSPS) is 10.7. The SMILES string of the molecule is O=C(CC(=O)Nc1nccs1)NN=Cc1ccc(N(CCCl)CCCl)cc1. The number of anilines is 2. The highest BCUT2D eigenvalue weighted by atomic mass is 35.5. The van der Waals surface area contributed by atoms with Gasteiger partial charge in [0.2, 0.25) is 11.8 Å². The number of alkyl halides is 2. The minimum absolute atomic E-state index is 0.332. The molecule has 0 saturated carbocycles. The van der Waals surface area contributed by atoms with Crippen LogP contribution in [0.1, 0.15) is 12.0 Å². The molecular weight excluding hydrogens is 409 g/mol. The van der Waals surface area contributed by atoms with E-state index in [1.165, 1.54) is 17.6 Å². The second-order valence-corrected chi connectivity index (χ2v) is 6.96. The van der Waals surface area contributed by atoms with E-state index in [0.29, 0.717) is 30.0 Å². The van der Waals surface area contributed by atoms with Gasteiger partial charge in [-0.25, -0.2) is 10.4 Å². The highest BCUT2D eigenvalue weighted by Gasteiger charge is 2.10. The second-order valence-electron chi connectivity index (χ2n) is 5.31. The van der Waals surface area contributed by atoms with Crippen LogP contribution in [0.3, 0.4) is 0 Å².